The van der Waals surface area contributed by atoms with E-state index < -0.39 is 0 Å². The third-order valence-corrected chi connectivity index (χ3v) is 3.36. The van der Waals surface area contributed by atoms with E-state index in [1.165, 1.54) is 11.1 Å². The van der Waals surface area contributed by atoms with Crippen molar-refractivity contribution in [1.82, 2.24) is 10.2 Å². The topological polar surface area (TPSA) is 58.4 Å². The summed E-state index contributed by atoms with van der Waals surface area (Å²) in [6.45, 7) is 2.68. The normalized spacial score (nSPS) is 17.6. The summed E-state index contributed by atoms with van der Waals surface area (Å²) in [6.07, 6.45) is 1.95. The minimum Gasteiger partial charge on any atom is -0.399 e. The van der Waals surface area contributed by atoms with Gasteiger partial charge in [-0.15, -0.1) is 0 Å². The Hall–Kier alpha value is -1.71. The maximum atomic E-state index is 11.8. The van der Waals surface area contributed by atoms with Crippen LogP contribution in [0.2, 0.25) is 0 Å². The van der Waals surface area contributed by atoms with Crippen LogP contribution in [-0.4, -0.2) is 24.5 Å². The van der Waals surface area contributed by atoms with Gasteiger partial charge in [0.25, 0.3) is 0 Å². The number of fused-ring (bicyclic) bond motifs is 1. The highest BCUT2D eigenvalue weighted by molar-refractivity contribution is 5.74. The summed E-state index contributed by atoms with van der Waals surface area (Å²) in [7, 11) is 1.80. The number of rotatable bonds is 2. The molecule has 0 aliphatic heterocycles. The molecule has 92 valence electrons. The van der Waals surface area contributed by atoms with Crippen molar-refractivity contribution in [2.45, 2.75) is 25.8 Å². The molecule has 1 aromatic rings. The van der Waals surface area contributed by atoms with E-state index in [-0.39, 0.29) is 12.1 Å². The van der Waals surface area contributed by atoms with Crippen LogP contribution in [0.15, 0.2) is 18.2 Å². The number of amides is 2. The highest BCUT2D eigenvalue weighted by Gasteiger charge is 2.24. The van der Waals surface area contributed by atoms with E-state index in [1.54, 1.807) is 11.9 Å². The van der Waals surface area contributed by atoms with Crippen LogP contribution in [0.5, 0.6) is 0 Å². The fourth-order valence-corrected chi connectivity index (χ4v) is 2.19. The quantitative estimate of drug-likeness (QED) is 0.767. The zero-order valence-electron chi connectivity index (χ0n) is 10.4. The molecule has 1 aliphatic carbocycles. The van der Waals surface area contributed by atoms with Gasteiger partial charge in [0, 0.05) is 19.3 Å². The highest BCUT2D eigenvalue weighted by Crippen LogP contribution is 2.32. The van der Waals surface area contributed by atoms with Crippen molar-refractivity contribution in [3.05, 3.63) is 29.3 Å². The number of carbonyl (C=O) groups excluding carboxylic acids is 1. The third-order valence-electron chi connectivity index (χ3n) is 3.36. The number of benzene rings is 1. The molecule has 2 rings (SSSR count). The molecule has 0 aromatic heterocycles. The second-order valence-electron chi connectivity index (χ2n) is 4.51. The SMILES string of the molecule is CCN(C)C(=O)NC1CCc2cc(N)ccc21. The molecule has 4 nitrogen and oxygen atoms in total. The van der Waals surface area contributed by atoms with Crippen molar-refractivity contribution < 1.29 is 4.79 Å². The molecule has 3 N–H and O–H groups in total. The first-order valence-electron chi connectivity index (χ1n) is 6.01. The van der Waals surface area contributed by atoms with Gasteiger partial charge >= 0.3 is 6.03 Å². The lowest BCUT2D eigenvalue weighted by molar-refractivity contribution is 0.207. The number of hydrogen-bond donors (Lipinski definition) is 2. The van der Waals surface area contributed by atoms with Crippen LogP contribution in [0.4, 0.5) is 10.5 Å². The lowest BCUT2D eigenvalue weighted by Gasteiger charge is -2.20. The van der Waals surface area contributed by atoms with Crippen molar-refractivity contribution in [1.29, 1.82) is 0 Å². The first kappa shape index (κ1) is 11.8. The molecule has 0 spiro atoms. The Morgan fingerprint density at radius 2 is 2.35 bits per heavy atom. The Kier molecular flexibility index (Phi) is 3.22. The largest absolute Gasteiger partial charge is 0.399 e. The minimum absolute atomic E-state index is 0.0119. The molecule has 0 saturated carbocycles. The van der Waals surface area contributed by atoms with Gasteiger partial charge < -0.3 is 16.0 Å². The van der Waals surface area contributed by atoms with Gasteiger partial charge in [-0.1, -0.05) is 6.07 Å². The standard InChI is InChI=1S/C13H19N3O/c1-3-16(2)13(17)15-12-7-4-9-8-10(14)5-6-11(9)12/h5-6,8,12H,3-4,7,14H2,1-2H3,(H,15,17). The second kappa shape index (κ2) is 4.65. The average Bonchev–Trinajstić information content (AvgIpc) is 2.70. The number of urea groups is 1. The van der Waals surface area contributed by atoms with Gasteiger partial charge in [0.1, 0.15) is 0 Å². The van der Waals surface area contributed by atoms with Crippen LogP contribution in [0.3, 0.4) is 0 Å². The number of carbonyl (C=O) groups is 1. The van der Waals surface area contributed by atoms with Crippen molar-refractivity contribution in [3.63, 3.8) is 0 Å². The van der Waals surface area contributed by atoms with Crippen molar-refractivity contribution >= 4 is 11.7 Å². The Labute approximate surface area is 102 Å². The van der Waals surface area contributed by atoms with Gasteiger partial charge in [-0.25, -0.2) is 4.79 Å². The number of nitrogen functional groups attached to an aromatic ring is 1. The number of aryl methyl sites for hydroxylation is 1. The molecule has 1 atom stereocenters. The van der Waals surface area contributed by atoms with Crippen molar-refractivity contribution in [2.75, 3.05) is 19.3 Å². The van der Waals surface area contributed by atoms with Crippen molar-refractivity contribution in [3.8, 4) is 0 Å². The summed E-state index contributed by atoms with van der Waals surface area (Å²) >= 11 is 0. The van der Waals surface area contributed by atoms with Crippen LogP contribution in [-0.2, 0) is 6.42 Å². The smallest absolute Gasteiger partial charge is 0.317 e. The lowest BCUT2D eigenvalue weighted by Crippen LogP contribution is -2.38. The van der Waals surface area contributed by atoms with Gasteiger partial charge in [-0.2, -0.15) is 0 Å². The van der Waals surface area contributed by atoms with Gasteiger partial charge in [0.05, 0.1) is 6.04 Å². The van der Waals surface area contributed by atoms with E-state index in [0.29, 0.717) is 6.54 Å². The third kappa shape index (κ3) is 2.35. The number of anilines is 1. The molecule has 0 bridgehead atoms. The highest BCUT2D eigenvalue weighted by atomic mass is 16.2. The molecular formula is C13H19N3O. The monoisotopic (exact) mass is 233 g/mol. The van der Waals surface area contributed by atoms with Crippen molar-refractivity contribution in [2.24, 2.45) is 0 Å². The van der Waals surface area contributed by atoms with Gasteiger partial charge in [0.15, 0.2) is 0 Å². The summed E-state index contributed by atoms with van der Waals surface area (Å²) in [6, 6.07) is 6.04. The van der Waals surface area contributed by atoms with Gasteiger partial charge in [-0.05, 0) is 43.0 Å². The Morgan fingerprint density at radius 1 is 1.59 bits per heavy atom. The fourth-order valence-electron chi connectivity index (χ4n) is 2.19. The molecule has 0 fully saturated rings. The Bertz CT molecular complexity index is 431. The Morgan fingerprint density at radius 3 is 3.06 bits per heavy atom. The molecule has 1 unspecified atom stereocenters. The summed E-state index contributed by atoms with van der Waals surface area (Å²) in [5.74, 6) is 0. The van der Waals surface area contributed by atoms with E-state index >= 15 is 0 Å². The predicted octanol–water partition coefficient (Wildman–Crippen LogP) is 1.92. The molecule has 1 aliphatic rings. The van der Waals surface area contributed by atoms with Gasteiger partial charge in [0.2, 0.25) is 0 Å². The molecule has 4 heteroatoms. The number of hydrogen-bond acceptors (Lipinski definition) is 2. The van der Waals surface area contributed by atoms with Crippen LogP contribution in [0.1, 0.15) is 30.5 Å². The first-order chi connectivity index (χ1) is 8.11. The average molecular weight is 233 g/mol. The predicted molar refractivity (Wildman–Crippen MR) is 68.8 cm³/mol. The zero-order chi connectivity index (χ0) is 12.4. The molecule has 17 heavy (non-hydrogen) atoms. The van der Waals surface area contributed by atoms with Crippen LogP contribution in [0, 0.1) is 0 Å². The first-order valence-corrected chi connectivity index (χ1v) is 6.01. The maximum absolute atomic E-state index is 11.8. The Balaban J connectivity index is 2.10. The van der Waals surface area contributed by atoms with Crippen LogP contribution >= 0.6 is 0 Å². The van der Waals surface area contributed by atoms with E-state index in [2.05, 4.69) is 5.32 Å². The molecule has 0 radical (unpaired) electrons. The summed E-state index contributed by atoms with van der Waals surface area (Å²) in [5, 5.41) is 3.05. The van der Waals surface area contributed by atoms with E-state index in [9.17, 15) is 4.79 Å². The van der Waals surface area contributed by atoms with Crippen LogP contribution in [0.25, 0.3) is 0 Å². The minimum atomic E-state index is -0.0119. The van der Waals surface area contributed by atoms with E-state index in [4.69, 9.17) is 5.73 Å². The summed E-state index contributed by atoms with van der Waals surface area (Å²) < 4.78 is 0. The summed E-state index contributed by atoms with van der Waals surface area (Å²) in [4.78, 5) is 13.5. The molecule has 2 amide bonds. The second-order valence-corrected chi connectivity index (χ2v) is 4.51. The fraction of sp³-hybridized carbons (Fsp3) is 0.462. The lowest BCUT2D eigenvalue weighted by atomic mass is 10.1. The maximum Gasteiger partial charge on any atom is 0.317 e. The van der Waals surface area contributed by atoms with E-state index in [1.807, 2.05) is 25.1 Å². The number of nitrogens with two attached hydrogens (primary N) is 1. The number of nitrogens with one attached hydrogen (secondary N) is 1. The molecule has 0 heterocycles. The van der Waals surface area contributed by atoms with E-state index in [0.717, 1.165) is 18.5 Å². The molecule has 1 aromatic carbocycles. The summed E-state index contributed by atoms with van der Waals surface area (Å²) in [5.41, 5.74) is 9.01. The molecular weight excluding hydrogens is 214 g/mol. The zero-order valence-corrected chi connectivity index (χ0v) is 10.4. The number of nitrogens with zero attached hydrogens (tertiary/aromatic N) is 1. The van der Waals surface area contributed by atoms with Gasteiger partial charge in [-0.3, -0.25) is 0 Å². The molecule has 0 saturated heterocycles. The van der Waals surface area contributed by atoms with Crippen LogP contribution < -0.4 is 11.1 Å².